The Morgan fingerprint density at radius 3 is 2.13 bits per heavy atom. The van der Waals surface area contributed by atoms with E-state index in [0.29, 0.717) is 13.2 Å². The van der Waals surface area contributed by atoms with Crippen LogP contribution in [0.1, 0.15) is 34.6 Å². The quantitative estimate of drug-likeness (QED) is 0.569. The fraction of sp³-hybridized carbons (Fsp3) is 0.818. The van der Waals surface area contributed by atoms with E-state index in [1.807, 2.05) is 27.7 Å². The lowest BCUT2D eigenvalue weighted by Crippen LogP contribution is -2.43. The first kappa shape index (κ1) is 13.9. The topological polar surface area (TPSA) is 55.4 Å². The number of hydrogen-bond donors (Lipinski definition) is 1. The van der Waals surface area contributed by atoms with Gasteiger partial charge in [0, 0.05) is 6.54 Å². The second-order valence-corrected chi connectivity index (χ2v) is 4.45. The first-order valence-electron chi connectivity index (χ1n) is 5.28. The van der Waals surface area contributed by atoms with Crippen LogP contribution in [-0.4, -0.2) is 25.0 Å². The fourth-order valence-corrected chi connectivity index (χ4v) is 1.36. The van der Waals surface area contributed by atoms with Crippen molar-refractivity contribution >= 4 is 11.9 Å². The summed E-state index contributed by atoms with van der Waals surface area (Å²) in [7, 11) is 0. The van der Waals surface area contributed by atoms with E-state index in [9.17, 15) is 9.59 Å². The molecule has 1 N–H and O–H groups in total. The number of ether oxygens (including phenoxy) is 1. The maximum absolute atomic E-state index is 11.7. The number of carbonyl (C=O) groups is 2. The van der Waals surface area contributed by atoms with E-state index in [4.69, 9.17) is 4.74 Å². The summed E-state index contributed by atoms with van der Waals surface area (Å²) in [5, 5.41) is 2.65. The van der Waals surface area contributed by atoms with Gasteiger partial charge in [-0.2, -0.15) is 0 Å². The van der Waals surface area contributed by atoms with Crippen molar-refractivity contribution in [3.8, 4) is 0 Å². The van der Waals surface area contributed by atoms with Gasteiger partial charge in [0.05, 0.1) is 6.61 Å². The van der Waals surface area contributed by atoms with Crippen LogP contribution in [0.25, 0.3) is 0 Å². The van der Waals surface area contributed by atoms with Crippen molar-refractivity contribution in [3.63, 3.8) is 0 Å². The van der Waals surface area contributed by atoms with Gasteiger partial charge >= 0.3 is 5.97 Å². The van der Waals surface area contributed by atoms with Crippen molar-refractivity contribution in [3.05, 3.63) is 0 Å². The van der Waals surface area contributed by atoms with E-state index in [-0.39, 0.29) is 5.91 Å². The van der Waals surface area contributed by atoms with Crippen molar-refractivity contribution in [2.24, 2.45) is 11.3 Å². The minimum atomic E-state index is -0.739. The summed E-state index contributed by atoms with van der Waals surface area (Å²) in [4.78, 5) is 23.3. The number of amides is 1. The van der Waals surface area contributed by atoms with Gasteiger partial charge in [-0.15, -0.1) is 0 Å². The largest absolute Gasteiger partial charge is 0.465 e. The lowest BCUT2D eigenvalue weighted by molar-refractivity contribution is -0.156. The summed E-state index contributed by atoms with van der Waals surface area (Å²) in [6.45, 7) is 9.92. The van der Waals surface area contributed by atoms with E-state index in [1.165, 1.54) is 0 Å². The molecule has 0 saturated heterocycles. The molecule has 88 valence electrons. The van der Waals surface area contributed by atoms with Gasteiger partial charge in [0.1, 0.15) is 5.92 Å². The van der Waals surface area contributed by atoms with Crippen LogP contribution in [0.5, 0.6) is 0 Å². The molecule has 1 atom stereocenters. The Hall–Kier alpha value is -1.06. The van der Waals surface area contributed by atoms with Gasteiger partial charge in [0.15, 0.2) is 0 Å². The van der Waals surface area contributed by atoms with Crippen LogP contribution >= 0.6 is 0 Å². The molecule has 0 aliphatic carbocycles. The smallest absolute Gasteiger partial charge is 0.319 e. The highest BCUT2D eigenvalue weighted by Crippen LogP contribution is 2.27. The molecule has 0 fully saturated rings. The zero-order valence-electron chi connectivity index (χ0n) is 10.2. The first-order chi connectivity index (χ1) is 6.84. The number of rotatable bonds is 4. The van der Waals surface area contributed by atoms with Gasteiger partial charge in [0.25, 0.3) is 0 Å². The number of hydrogen-bond acceptors (Lipinski definition) is 3. The highest BCUT2D eigenvalue weighted by atomic mass is 16.5. The Bertz CT molecular complexity index is 212. The minimum Gasteiger partial charge on any atom is -0.465 e. The average Bonchev–Trinajstić information content (AvgIpc) is 2.01. The van der Waals surface area contributed by atoms with E-state index in [2.05, 4.69) is 5.32 Å². The molecule has 0 aromatic heterocycles. The first-order valence-corrected chi connectivity index (χ1v) is 5.28. The molecule has 0 saturated carbocycles. The molecular weight excluding hydrogens is 194 g/mol. The molecule has 15 heavy (non-hydrogen) atoms. The molecule has 0 bridgehead atoms. The zero-order valence-corrected chi connectivity index (χ0v) is 10.2. The lowest BCUT2D eigenvalue weighted by atomic mass is 9.80. The second kappa shape index (κ2) is 5.73. The van der Waals surface area contributed by atoms with Crippen LogP contribution in [0, 0.1) is 11.3 Å². The van der Waals surface area contributed by atoms with Crippen molar-refractivity contribution < 1.29 is 14.3 Å². The summed E-state index contributed by atoms with van der Waals surface area (Å²) < 4.78 is 4.90. The number of esters is 1. The van der Waals surface area contributed by atoms with Crippen LogP contribution in [-0.2, 0) is 14.3 Å². The Labute approximate surface area is 91.4 Å². The normalized spacial score (nSPS) is 13.1. The Morgan fingerprint density at radius 1 is 1.27 bits per heavy atom. The maximum atomic E-state index is 11.7. The molecule has 0 aliphatic heterocycles. The molecule has 0 aliphatic rings. The summed E-state index contributed by atoms with van der Waals surface area (Å²) in [5.74, 6) is -1.45. The molecule has 1 amide bonds. The molecule has 0 heterocycles. The SMILES string of the molecule is CCNC(=O)C(C(=O)OCC)C(C)(C)C. The third-order valence-corrected chi connectivity index (χ3v) is 2.00. The third kappa shape index (κ3) is 4.32. The maximum Gasteiger partial charge on any atom is 0.319 e. The molecule has 1 unspecified atom stereocenters. The monoisotopic (exact) mass is 215 g/mol. The van der Waals surface area contributed by atoms with Crippen molar-refractivity contribution in [2.45, 2.75) is 34.6 Å². The minimum absolute atomic E-state index is 0.261. The van der Waals surface area contributed by atoms with E-state index >= 15 is 0 Å². The molecule has 0 spiro atoms. The fourth-order valence-electron chi connectivity index (χ4n) is 1.36. The third-order valence-electron chi connectivity index (χ3n) is 2.00. The zero-order chi connectivity index (χ0) is 12.1. The Balaban J connectivity index is 4.74. The summed E-state index contributed by atoms with van der Waals surface area (Å²) >= 11 is 0. The van der Waals surface area contributed by atoms with Crippen LogP contribution in [0.2, 0.25) is 0 Å². The van der Waals surface area contributed by atoms with Crippen LogP contribution in [0.3, 0.4) is 0 Å². The lowest BCUT2D eigenvalue weighted by Gasteiger charge is -2.27. The van der Waals surface area contributed by atoms with Crippen molar-refractivity contribution in [1.82, 2.24) is 5.32 Å². The van der Waals surface area contributed by atoms with Crippen molar-refractivity contribution in [1.29, 1.82) is 0 Å². The van der Waals surface area contributed by atoms with E-state index in [1.54, 1.807) is 6.92 Å². The predicted molar refractivity (Wildman–Crippen MR) is 58.3 cm³/mol. The molecule has 4 nitrogen and oxygen atoms in total. The molecule has 4 heteroatoms. The molecule has 0 aromatic rings. The molecule has 0 radical (unpaired) electrons. The standard InChI is InChI=1S/C11H21NO3/c1-6-12-9(13)8(11(3,4)5)10(14)15-7-2/h8H,6-7H2,1-5H3,(H,12,13). The van der Waals surface area contributed by atoms with E-state index < -0.39 is 17.3 Å². The molecular formula is C11H21NO3. The highest BCUT2D eigenvalue weighted by molar-refractivity contribution is 5.98. The van der Waals surface area contributed by atoms with Crippen molar-refractivity contribution in [2.75, 3.05) is 13.2 Å². The van der Waals surface area contributed by atoms with Gasteiger partial charge in [-0.1, -0.05) is 20.8 Å². The number of nitrogens with one attached hydrogen (secondary N) is 1. The number of carbonyl (C=O) groups excluding carboxylic acids is 2. The van der Waals surface area contributed by atoms with Gasteiger partial charge in [-0.25, -0.2) is 0 Å². The van der Waals surface area contributed by atoms with Crippen LogP contribution < -0.4 is 5.32 Å². The molecule has 0 rings (SSSR count). The Morgan fingerprint density at radius 2 is 1.80 bits per heavy atom. The van der Waals surface area contributed by atoms with Gasteiger partial charge in [-0.3, -0.25) is 9.59 Å². The summed E-state index contributed by atoms with van der Waals surface area (Å²) in [6, 6.07) is 0. The van der Waals surface area contributed by atoms with Gasteiger partial charge in [-0.05, 0) is 19.3 Å². The van der Waals surface area contributed by atoms with Gasteiger partial charge in [0.2, 0.25) is 5.91 Å². The molecule has 0 aromatic carbocycles. The average molecular weight is 215 g/mol. The summed E-state index contributed by atoms with van der Waals surface area (Å²) in [5.41, 5.74) is -0.425. The van der Waals surface area contributed by atoms with E-state index in [0.717, 1.165) is 0 Å². The highest BCUT2D eigenvalue weighted by Gasteiger charge is 2.38. The van der Waals surface area contributed by atoms with Crippen LogP contribution in [0.4, 0.5) is 0 Å². The predicted octanol–water partition coefficient (Wildman–Crippen LogP) is 1.35. The van der Waals surface area contributed by atoms with Gasteiger partial charge < -0.3 is 10.1 Å². The Kier molecular flexibility index (Phi) is 5.33. The van der Waals surface area contributed by atoms with Crippen LogP contribution in [0.15, 0.2) is 0 Å². The summed E-state index contributed by atoms with van der Waals surface area (Å²) in [6.07, 6.45) is 0. The second-order valence-electron chi connectivity index (χ2n) is 4.45.